The van der Waals surface area contributed by atoms with E-state index in [1.807, 2.05) is 17.0 Å². The molecule has 1 aromatic heterocycles. The van der Waals surface area contributed by atoms with Gasteiger partial charge >= 0.3 is 0 Å². The highest BCUT2D eigenvalue weighted by Crippen LogP contribution is 2.41. The van der Waals surface area contributed by atoms with Gasteiger partial charge in [0.15, 0.2) is 11.5 Å². The number of anilines is 1. The lowest BCUT2D eigenvalue weighted by atomic mass is 9.87. The maximum atomic E-state index is 13.2. The van der Waals surface area contributed by atoms with Crippen LogP contribution in [-0.2, 0) is 11.2 Å². The fourth-order valence-electron chi connectivity index (χ4n) is 5.27. The quantitative estimate of drug-likeness (QED) is 0.507. The normalized spacial score (nSPS) is 18.0. The van der Waals surface area contributed by atoms with Crippen LogP contribution in [0.4, 0.5) is 5.95 Å². The first-order valence-corrected chi connectivity index (χ1v) is 12.5. The minimum absolute atomic E-state index is 0.0645. The largest absolute Gasteiger partial charge is 0.493 e. The van der Waals surface area contributed by atoms with E-state index in [4.69, 9.17) is 9.47 Å². The van der Waals surface area contributed by atoms with E-state index in [1.165, 1.54) is 16.7 Å². The molecule has 3 aromatic rings. The highest BCUT2D eigenvalue weighted by atomic mass is 16.5. The van der Waals surface area contributed by atoms with Crippen LogP contribution in [0.3, 0.4) is 0 Å². The molecule has 1 saturated heterocycles. The van der Waals surface area contributed by atoms with Gasteiger partial charge in [-0.2, -0.15) is 0 Å². The molecule has 2 aliphatic rings. The second-order valence-corrected chi connectivity index (χ2v) is 9.17. The van der Waals surface area contributed by atoms with Crippen LogP contribution in [0, 0.1) is 0 Å². The first-order chi connectivity index (χ1) is 17.7. The summed E-state index contributed by atoms with van der Waals surface area (Å²) in [7, 11) is 3.34. The zero-order valence-electron chi connectivity index (χ0n) is 21.0. The van der Waals surface area contributed by atoms with E-state index in [-0.39, 0.29) is 11.9 Å². The van der Waals surface area contributed by atoms with Gasteiger partial charge in [-0.15, -0.1) is 0 Å². The number of carbonyl (C=O) groups excluding carboxylic acids is 1. The van der Waals surface area contributed by atoms with E-state index in [2.05, 4.69) is 56.2 Å². The van der Waals surface area contributed by atoms with Crippen LogP contribution >= 0.6 is 0 Å². The van der Waals surface area contributed by atoms with E-state index in [1.54, 1.807) is 26.6 Å². The standard InChI is InChI=1S/C28H33N5O3/c1-35-24-19-22-9-13-32(27(21-7-4-3-5-8-21)23(22)20-25(24)36-2)14-10-26(34)31-15-17-33(18-16-31)28-29-11-6-12-30-28/h3-8,11-12,19-20,27H,9-10,13-18H2,1-2H3/t27-/m1/s1. The van der Waals surface area contributed by atoms with Crippen LogP contribution in [0.25, 0.3) is 0 Å². The molecule has 3 heterocycles. The molecule has 0 bridgehead atoms. The second kappa shape index (κ2) is 11.0. The van der Waals surface area contributed by atoms with Gasteiger partial charge in [-0.3, -0.25) is 9.69 Å². The molecule has 0 radical (unpaired) electrons. The first-order valence-electron chi connectivity index (χ1n) is 12.5. The molecule has 188 valence electrons. The molecule has 0 aliphatic carbocycles. The van der Waals surface area contributed by atoms with Crippen LogP contribution in [0.2, 0.25) is 0 Å². The monoisotopic (exact) mass is 487 g/mol. The summed E-state index contributed by atoms with van der Waals surface area (Å²) < 4.78 is 11.2. The molecular formula is C28H33N5O3. The lowest BCUT2D eigenvalue weighted by Gasteiger charge is -2.39. The number of fused-ring (bicyclic) bond motifs is 1. The summed E-state index contributed by atoms with van der Waals surface area (Å²) in [5.74, 6) is 2.42. The SMILES string of the molecule is COc1cc2c(cc1OC)[C@@H](c1ccccc1)N(CCC(=O)N1CCN(c3ncccn3)CC1)CC2. The van der Waals surface area contributed by atoms with Crippen molar-refractivity contribution < 1.29 is 14.3 Å². The highest BCUT2D eigenvalue weighted by Gasteiger charge is 2.31. The van der Waals surface area contributed by atoms with Crippen molar-refractivity contribution in [1.29, 1.82) is 0 Å². The number of amides is 1. The Balaban J connectivity index is 1.28. The fourth-order valence-corrected chi connectivity index (χ4v) is 5.27. The summed E-state index contributed by atoms with van der Waals surface area (Å²) in [6, 6.07) is 16.6. The number of hydrogen-bond donors (Lipinski definition) is 0. The minimum Gasteiger partial charge on any atom is -0.493 e. The number of rotatable bonds is 7. The Morgan fingerprint density at radius 1 is 0.917 bits per heavy atom. The molecule has 0 N–H and O–H groups in total. The molecular weight excluding hydrogens is 454 g/mol. The predicted molar refractivity (Wildman–Crippen MR) is 139 cm³/mol. The number of ether oxygens (including phenoxy) is 2. The van der Waals surface area contributed by atoms with Crippen LogP contribution in [-0.4, -0.2) is 79.2 Å². The Morgan fingerprint density at radius 2 is 1.61 bits per heavy atom. The average molecular weight is 488 g/mol. The molecule has 5 rings (SSSR count). The highest BCUT2D eigenvalue weighted by molar-refractivity contribution is 5.76. The summed E-state index contributed by atoms with van der Waals surface area (Å²) in [5, 5.41) is 0. The molecule has 0 spiro atoms. The predicted octanol–water partition coefficient (Wildman–Crippen LogP) is 3.18. The third-order valence-electron chi connectivity index (χ3n) is 7.17. The van der Waals surface area contributed by atoms with Crippen molar-refractivity contribution in [3.8, 4) is 11.5 Å². The van der Waals surface area contributed by atoms with Crippen LogP contribution in [0.5, 0.6) is 11.5 Å². The Labute approximate surface area is 212 Å². The van der Waals surface area contributed by atoms with E-state index in [0.29, 0.717) is 26.1 Å². The van der Waals surface area contributed by atoms with Crippen LogP contribution < -0.4 is 14.4 Å². The Hall–Kier alpha value is -3.65. The summed E-state index contributed by atoms with van der Waals surface area (Å²) >= 11 is 0. The van der Waals surface area contributed by atoms with Crippen molar-refractivity contribution in [3.63, 3.8) is 0 Å². The topological polar surface area (TPSA) is 71.0 Å². The zero-order chi connectivity index (χ0) is 24.9. The molecule has 2 aliphatic heterocycles. The summed E-state index contributed by atoms with van der Waals surface area (Å²) in [5.41, 5.74) is 3.70. The second-order valence-electron chi connectivity index (χ2n) is 9.17. The molecule has 1 atom stereocenters. The van der Waals surface area contributed by atoms with Gasteiger partial charge in [0.25, 0.3) is 0 Å². The maximum absolute atomic E-state index is 13.2. The van der Waals surface area contributed by atoms with E-state index >= 15 is 0 Å². The molecule has 1 amide bonds. The third-order valence-corrected chi connectivity index (χ3v) is 7.17. The molecule has 0 unspecified atom stereocenters. The Bertz CT molecular complexity index is 1170. The van der Waals surface area contributed by atoms with Gasteiger partial charge in [0, 0.05) is 58.1 Å². The number of carbonyl (C=O) groups is 1. The van der Waals surface area contributed by atoms with Gasteiger partial charge in [-0.05, 0) is 41.3 Å². The van der Waals surface area contributed by atoms with Crippen molar-refractivity contribution in [3.05, 3.63) is 77.6 Å². The molecule has 0 saturated carbocycles. The summed E-state index contributed by atoms with van der Waals surface area (Å²) in [6.45, 7) is 4.48. The van der Waals surface area contributed by atoms with Crippen molar-refractivity contribution in [2.45, 2.75) is 18.9 Å². The fraction of sp³-hybridized carbons (Fsp3) is 0.393. The molecule has 8 heteroatoms. The lowest BCUT2D eigenvalue weighted by Crippen LogP contribution is -2.50. The van der Waals surface area contributed by atoms with E-state index < -0.39 is 0 Å². The maximum Gasteiger partial charge on any atom is 0.225 e. The number of hydrogen-bond acceptors (Lipinski definition) is 7. The third kappa shape index (κ3) is 4.99. The van der Waals surface area contributed by atoms with Crippen molar-refractivity contribution in [1.82, 2.24) is 19.8 Å². The minimum atomic E-state index is 0.0645. The Morgan fingerprint density at radius 3 is 2.31 bits per heavy atom. The number of piperazine rings is 1. The van der Waals surface area contributed by atoms with Crippen LogP contribution in [0.1, 0.15) is 29.2 Å². The smallest absolute Gasteiger partial charge is 0.225 e. The van der Waals surface area contributed by atoms with Gasteiger partial charge in [-0.25, -0.2) is 9.97 Å². The van der Waals surface area contributed by atoms with Gasteiger partial charge in [0.1, 0.15) is 0 Å². The molecule has 1 fully saturated rings. The van der Waals surface area contributed by atoms with Gasteiger partial charge in [0.2, 0.25) is 11.9 Å². The van der Waals surface area contributed by atoms with E-state index in [0.717, 1.165) is 43.5 Å². The van der Waals surface area contributed by atoms with Gasteiger partial charge < -0.3 is 19.3 Å². The first kappa shape index (κ1) is 24.1. The van der Waals surface area contributed by atoms with Gasteiger partial charge in [-0.1, -0.05) is 30.3 Å². The lowest BCUT2D eigenvalue weighted by molar-refractivity contribution is -0.132. The molecule has 2 aromatic carbocycles. The molecule has 36 heavy (non-hydrogen) atoms. The zero-order valence-corrected chi connectivity index (χ0v) is 21.0. The van der Waals surface area contributed by atoms with Gasteiger partial charge in [0.05, 0.1) is 20.3 Å². The Kier molecular flexibility index (Phi) is 7.32. The summed E-state index contributed by atoms with van der Waals surface area (Å²) in [4.78, 5) is 28.4. The number of aromatic nitrogens is 2. The summed E-state index contributed by atoms with van der Waals surface area (Å²) in [6.07, 6.45) is 4.91. The van der Waals surface area contributed by atoms with E-state index in [9.17, 15) is 4.79 Å². The average Bonchev–Trinajstić information content (AvgIpc) is 2.95. The van der Waals surface area contributed by atoms with Crippen molar-refractivity contribution in [2.24, 2.45) is 0 Å². The number of methoxy groups -OCH3 is 2. The van der Waals surface area contributed by atoms with Crippen molar-refractivity contribution >= 4 is 11.9 Å². The van der Waals surface area contributed by atoms with Crippen molar-refractivity contribution in [2.75, 3.05) is 58.4 Å². The number of benzene rings is 2. The van der Waals surface area contributed by atoms with Crippen LogP contribution in [0.15, 0.2) is 60.9 Å². The number of nitrogens with zero attached hydrogens (tertiary/aromatic N) is 5. The molecule has 8 nitrogen and oxygen atoms in total.